The molecule has 164 valence electrons. The first kappa shape index (κ1) is 21.2. The number of nitrogens with zero attached hydrogens (tertiary/aromatic N) is 5. The molecule has 0 saturated carbocycles. The highest BCUT2D eigenvalue weighted by Crippen LogP contribution is 2.35. The average molecular weight is 454 g/mol. The van der Waals surface area contributed by atoms with Crippen molar-refractivity contribution in [2.45, 2.75) is 19.1 Å². The number of alkyl halides is 3. The van der Waals surface area contributed by atoms with Crippen LogP contribution in [-0.4, -0.2) is 44.0 Å². The van der Waals surface area contributed by atoms with E-state index in [1.54, 1.807) is 30.1 Å². The first-order valence-corrected chi connectivity index (χ1v) is 9.77. The number of fused-ring (bicyclic) bond motifs is 1. The fourth-order valence-electron chi connectivity index (χ4n) is 3.84. The van der Waals surface area contributed by atoms with Crippen molar-refractivity contribution in [1.82, 2.24) is 24.5 Å². The summed E-state index contributed by atoms with van der Waals surface area (Å²) in [5.41, 5.74) is 1.68. The number of aromatic nitrogens is 4. The molecule has 0 fully saturated rings. The van der Waals surface area contributed by atoms with Crippen LogP contribution in [-0.2, 0) is 33.2 Å². The largest absolute Gasteiger partial charge is 0.495 e. The summed E-state index contributed by atoms with van der Waals surface area (Å²) in [6.07, 6.45) is -4.09. The van der Waals surface area contributed by atoms with Crippen LogP contribution in [0.5, 0.6) is 5.75 Å². The van der Waals surface area contributed by atoms with Gasteiger partial charge in [-0.3, -0.25) is 14.2 Å². The predicted molar refractivity (Wildman–Crippen MR) is 107 cm³/mol. The van der Waals surface area contributed by atoms with Crippen molar-refractivity contribution >= 4 is 17.5 Å². The molecule has 0 unspecified atom stereocenters. The monoisotopic (exact) mass is 453 g/mol. The molecule has 1 aliphatic heterocycles. The molecule has 1 aliphatic rings. The summed E-state index contributed by atoms with van der Waals surface area (Å²) in [5.74, 6) is 0.142. The molecule has 0 bridgehead atoms. The maximum atomic E-state index is 13.1. The summed E-state index contributed by atoms with van der Waals surface area (Å²) in [4.78, 5) is 14.7. The number of hydrogen-bond donors (Lipinski definition) is 0. The molecule has 1 aromatic carbocycles. The van der Waals surface area contributed by atoms with Crippen molar-refractivity contribution in [2.75, 3.05) is 13.7 Å². The van der Waals surface area contributed by atoms with Crippen molar-refractivity contribution in [3.05, 3.63) is 51.8 Å². The lowest BCUT2D eigenvalue weighted by molar-refractivity contribution is -0.141. The van der Waals surface area contributed by atoms with E-state index in [0.717, 1.165) is 11.6 Å². The van der Waals surface area contributed by atoms with Crippen LogP contribution in [0.25, 0.3) is 11.4 Å². The lowest BCUT2D eigenvalue weighted by Gasteiger charge is -2.27. The van der Waals surface area contributed by atoms with E-state index in [1.807, 2.05) is 0 Å². The molecular formula is C20H19ClF3N5O2. The topological polar surface area (TPSA) is 65.2 Å². The predicted octanol–water partition coefficient (Wildman–Crippen LogP) is 3.70. The summed E-state index contributed by atoms with van der Waals surface area (Å²) in [7, 11) is 4.60. The first-order valence-electron chi connectivity index (χ1n) is 9.40. The fourth-order valence-corrected chi connectivity index (χ4v) is 4.13. The summed E-state index contributed by atoms with van der Waals surface area (Å²) in [6.45, 7) is 0.599. The molecule has 0 N–H and O–H groups in total. The van der Waals surface area contributed by atoms with Crippen LogP contribution in [0.3, 0.4) is 0 Å². The third-order valence-corrected chi connectivity index (χ3v) is 5.70. The first-order chi connectivity index (χ1) is 14.6. The van der Waals surface area contributed by atoms with E-state index < -0.39 is 11.9 Å². The second kappa shape index (κ2) is 7.60. The molecule has 4 rings (SSSR count). The smallest absolute Gasteiger partial charge is 0.435 e. The minimum atomic E-state index is -4.53. The number of methoxy groups -OCH3 is 1. The van der Waals surface area contributed by atoms with Gasteiger partial charge >= 0.3 is 6.18 Å². The fraction of sp³-hybridized carbons (Fsp3) is 0.350. The van der Waals surface area contributed by atoms with Gasteiger partial charge in [0, 0.05) is 26.2 Å². The lowest BCUT2D eigenvalue weighted by Crippen LogP contribution is -2.36. The SMILES string of the molecule is COc1cccc(C(=O)N2CCc3c(nn(C)c3-c3cc(C(F)(F)F)nn3C)C2)c1Cl. The molecule has 0 atom stereocenters. The number of amides is 1. The van der Waals surface area contributed by atoms with E-state index >= 15 is 0 Å². The van der Waals surface area contributed by atoms with E-state index in [4.69, 9.17) is 16.3 Å². The number of carbonyl (C=O) groups is 1. The molecule has 0 radical (unpaired) electrons. The highest BCUT2D eigenvalue weighted by Gasteiger charge is 2.36. The molecule has 11 heteroatoms. The van der Waals surface area contributed by atoms with Crippen molar-refractivity contribution in [2.24, 2.45) is 14.1 Å². The zero-order chi connectivity index (χ0) is 22.5. The Balaban J connectivity index is 1.66. The van der Waals surface area contributed by atoms with Crippen LogP contribution < -0.4 is 4.74 Å². The number of ether oxygens (including phenoxy) is 1. The summed E-state index contributed by atoms with van der Waals surface area (Å²) >= 11 is 6.30. The minimum absolute atomic E-state index is 0.222. The van der Waals surface area contributed by atoms with Gasteiger partial charge in [0.1, 0.15) is 5.75 Å². The van der Waals surface area contributed by atoms with Crippen LogP contribution in [0.15, 0.2) is 24.3 Å². The van der Waals surface area contributed by atoms with Gasteiger partial charge in [0.2, 0.25) is 0 Å². The standard InChI is InChI=1S/C20H19ClF3N5O2/c1-27-14(9-16(26-27)20(22,23)24)18-11-7-8-29(10-13(11)25-28(18)2)19(30)12-5-4-6-15(31-3)17(12)21/h4-6,9H,7-8,10H2,1-3H3. The van der Waals surface area contributed by atoms with Crippen molar-refractivity contribution < 1.29 is 22.7 Å². The third kappa shape index (κ3) is 3.65. The molecule has 1 amide bonds. The molecule has 7 nitrogen and oxygen atoms in total. The molecule has 2 aromatic heterocycles. The normalized spacial score (nSPS) is 14.0. The van der Waals surface area contributed by atoms with Gasteiger partial charge in [0.15, 0.2) is 5.69 Å². The quantitative estimate of drug-likeness (QED) is 0.606. The number of carbonyl (C=O) groups excluding carboxylic acids is 1. The van der Waals surface area contributed by atoms with Crippen molar-refractivity contribution in [1.29, 1.82) is 0 Å². The molecular weight excluding hydrogens is 435 g/mol. The van der Waals surface area contributed by atoms with Crippen LogP contribution in [0.2, 0.25) is 5.02 Å². The molecule has 0 spiro atoms. The van der Waals surface area contributed by atoms with Crippen LogP contribution in [0.4, 0.5) is 13.2 Å². The highest BCUT2D eigenvalue weighted by molar-refractivity contribution is 6.35. The van der Waals surface area contributed by atoms with Gasteiger partial charge in [0.25, 0.3) is 5.91 Å². The van der Waals surface area contributed by atoms with Gasteiger partial charge in [-0.15, -0.1) is 0 Å². The van der Waals surface area contributed by atoms with E-state index in [0.29, 0.717) is 41.4 Å². The summed E-state index contributed by atoms with van der Waals surface area (Å²) in [6, 6.07) is 6.00. The Labute approximate surface area is 181 Å². The number of aryl methyl sites for hydroxylation is 2. The summed E-state index contributed by atoms with van der Waals surface area (Å²) < 4.78 is 47.2. The number of halogens is 4. The Bertz CT molecular complexity index is 1170. The Morgan fingerprint density at radius 1 is 1.19 bits per heavy atom. The maximum Gasteiger partial charge on any atom is 0.435 e. The maximum absolute atomic E-state index is 13.1. The van der Waals surface area contributed by atoms with Gasteiger partial charge < -0.3 is 9.64 Å². The van der Waals surface area contributed by atoms with Gasteiger partial charge in [0.05, 0.1) is 41.3 Å². The van der Waals surface area contributed by atoms with E-state index in [-0.39, 0.29) is 17.5 Å². The Morgan fingerprint density at radius 3 is 2.58 bits per heavy atom. The van der Waals surface area contributed by atoms with Crippen molar-refractivity contribution in [3.8, 4) is 17.1 Å². The van der Waals surface area contributed by atoms with Gasteiger partial charge in [-0.25, -0.2) is 0 Å². The zero-order valence-electron chi connectivity index (χ0n) is 17.0. The average Bonchev–Trinajstić information content (AvgIpc) is 3.25. The van der Waals surface area contributed by atoms with Crippen molar-refractivity contribution in [3.63, 3.8) is 0 Å². The lowest BCUT2D eigenvalue weighted by atomic mass is 10.0. The minimum Gasteiger partial charge on any atom is -0.495 e. The van der Waals surface area contributed by atoms with Crippen LogP contribution >= 0.6 is 11.6 Å². The Hall–Kier alpha value is -3.01. The number of hydrogen-bond acceptors (Lipinski definition) is 4. The van der Waals surface area contributed by atoms with E-state index in [9.17, 15) is 18.0 Å². The number of benzene rings is 1. The second-order valence-electron chi connectivity index (χ2n) is 7.23. The molecule has 3 aromatic rings. The summed E-state index contributed by atoms with van der Waals surface area (Å²) in [5, 5.41) is 8.29. The molecule has 31 heavy (non-hydrogen) atoms. The van der Waals surface area contributed by atoms with Gasteiger partial charge in [-0.2, -0.15) is 23.4 Å². The molecule has 0 aliphatic carbocycles. The van der Waals surface area contributed by atoms with Crippen LogP contribution in [0, 0.1) is 0 Å². The second-order valence-corrected chi connectivity index (χ2v) is 7.61. The Kier molecular flexibility index (Phi) is 5.20. The van der Waals surface area contributed by atoms with Crippen LogP contribution in [0.1, 0.15) is 27.3 Å². The number of rotatable bonds is 3. The van der Waals surface area contributed by atoms with E-state index in [2.05, 4.69) is 10.2 Å². The molecule has 3 heterocycles. The van der Waals surface area contributed by atoms with Gasteiger partial charge in [-0.05, 0) is 24.6 Å². The van der Waals surface area contributed by atoms with Gasteiger partial charge in [-0.1, -0.05) is 17.7 Å². The van der Waals surface area contributed by atoms with E-state index in [1.165, 1.54) is 23.5 Å². The Morgan fingerprint density at radius 2 is 1.94 bits per heavy atom. The third-order valence-electron chi connectivity index (χ3n) is 5.31. The molecule has 0 saturated heterocycles. The zero-order valence-corrected chi connectivity index (χ0v) is 17.8. The highest BCUT2D eigenvalue weighted by atomic mass is 35.5.